The number of halogens is 1. The van der Waals surface area contributed by atoms with E-state index in [0.717, 1.165) is 0 Å². The zero-order valence-electron chi connectivity index (χ0n) is 16.3. The van der Waals surface area contributed by atoms with Gasteiger partial charge in [-0.15, -0.1) is 0 Å². The average molecular weight is 399 g/mol. The number of nitrogens with two attached hydrogens (primary N) is 1. The maximum atomic E-state index is 13.7. The molecular formula is C20H22FN5O3. The van der Waals surface area contributed by atoms with Crippen LogP contribution in [0.1, 0.15) is 12.8 Å². The largest absolute Gasteiger partial charge is 0.493 e. The van der Waals surface area contributed by atoms with Gasteiger partial charge in [0.15, 0.2) is 17.3 Å². The summed E-state index contributed by atoms with van der Waals surface area (Å²) < 4.78 is 30.1. The van der Waals surface area contributed by atoms with E-state index in [1.165, 1.54) is 18.3 Å². The highest BCUT2D eigenvalue weighted by atomic mass is 19.1. The molecule has 0 amide bonds. The van der Waals surface area contributed by atoms with Gasteiger partial charge >= 0.3 is 0 Å². The van der Waals surface area contributed by atoms with E-state index < -0.39 is 5.82 Å². The second kappa shape index (κ2) is 7.94. The molecule has 3 heterocycles. The van der Waals surface area contributed by atoms with Gasteiger partial charge in [0.05, 0.1) is 19.7 Å². The molecule has 1 aliphatic heterocycles. The molecule has 1 aromatic carbocycles. The number of anilines is 2. The summed E-state index contributed by atoms with van der Waals surface area (Å²) in [5, 5.41) is 0.704. The fourth-order valence-corrected chi connectivity index (χ4v) is 3.40. The number of nitrogens with zero attached hydrogens (tertiary/aromatic N) is 4. The summed E-state index contributed by atoms with van der Waals surface area (Å²) >= 11 is 0. The van der Waals surface area contributed by atoms with Crippen LogP contribution in [0.4, 0.5) is 16.2 Å². The Morgan fingerprint density at radius 2 is 1.83 bits per heavy atom. The quantitative estimate of drug-likeness (QED) is 0.700. The second-order valence-corrected chi connectivity index (χ2v) is 6.73. The lowest BCUT2D eigenvalue weighted by Crippen LogP contribution is -2.39. The maximum Gasteiger partial charge on any atom is 0.250 e. The fourth-order valence-electron chi connectivity index (χ4n) is 3.40. The van der Waals surface area contributed by atoms with Gasteiger partial charge in [-0.3, -0.25) is 0 Å². The predicted molar refractivity (Wildman–Crippen MR) is 107 cm³/mol. The van der Waals surface area contributed by atoms with E-state index in [9.17, 15) is 4.39 Å². The topological polar surface area (TPSA) is 95.6 Å². The van der Waals surface area contributed by atoms with E-state index in [-0.39, 0.29) is 12.0 Å². The van der Waals surface area contributed by atoms with Gasteiger partial charge in [0.2, 0.25) is 5.95 Å². The number of piperidine rings is 1. The van der Waals surface area contributed by atoms with Crippen LogP contribution in [0, 0.1) is 5.82 Å². The molecule has 9 heteroatoms. The van der Waals surface area contributed by atoms with Crippen molar-refractivity contribution in [1.29, 1.82) is 0 Å². The monoisotopic (exact) mass is 399 g/mol. The summed E-state index contributed by atoms with van der Waals surface area (Å²) in [6.45, 7) is 1.33. The lowest BCUT2D eigenvalue weighted by atomic mass is 10.1. The predicted octanol–water partition coefficient (Wildman–Crippen LogP) is 2.81. The molecule has 0 saturated carbocycles. The maximum absolute atomic E-state index is 13.7. The Morgan fingerprint density at radius 3 is 2.52 bits per heavy atom. The molecule has 1 saturated heterocycles. The van der Waals surface area contributed by atoms with Crippen molar-refractivity contribution in [3.05, 3.63) is 36.3 Å². The van der Waals surface area contributed by atoms with E-state index in [0.29, 0.717) is 60.1 Å². The minimum atomic E-state index is -0.454. The first-order valence-electron chi connectivity index (χ1n) is 9.30. The number of benzene rings is 1. The first-order valence-corrected chi connectivity index (χ1v) is 9.30. The highest BCUT2D eigenvalue weighted by Crippen LogP contribution is 2.34. The average Bonchev–Trinajstić information content (AvgIpc) is 2.75. The Hall–Kier alpha value is -3.36. The van der Waals surface area contributed by atoms with Crippen LogP contribution < -0.4 is 24.8 Å². The summed E-state index contributed by atoms with van der Waals surface area (Å²) in [6.07, 6.45) is 2.80. The van der Waals surface area contributed by atoms with Crippen LogP contribution in [0.15, 0.2) is 30.5 Å². The van der Waals surface area contributed by atoms with Crippen LogP contribution in [0.5, 0.6) is 17.4 Å². The number of nitrogen functional groups attached to an aromatic ring is 1. The van der Waals surface area contributed by atoms with E-state index >= 15 is 0 Å². The summed E-state index contributed by atoms with van der Waals surface area (Å²) in [5.41, 5.74) is 6.86. The Morgan fingerprint density at radius 1 is 1.10 bits per heavy atom. The third kappa shape index (κ3) is 3.80. The summed E-state index contributed by atoms with van der Waals surface area (Å²) in [7, 11) is 3.14. The van der Waals surface area contributed by atoms with Crippen molar-refractivity contribution in [3.8, 4) is 17.4 Å². The van der Waals surface area contributed by atoms with Gasteiger partial charge in [0.25, 0.3) is 5.88 Å². The molecule has 0 radical (unpaired) electrons. The number of rotatable bonds is 5. The molecule has 0 bridgehead atoms. The van der Waals surface area contributed by atoms with Crippen LogP contribution in [-0.2, 0) is 0 Å². The molecule has 0 spiro atoms. The van der Waals surface area contributed by atoms with E-state index in [1.807, 2.05) is 4.90 Å². The third-order valence-corrected chi connectivity index (χ3v) is 4.95. The first kappa shape index (κ1) is 19.0. The molecule has 4 rings (SSSR count). The molecule has 2 N–H and O–H groups in total. The molecule has 1 aliphatic rings. The number of ether oxygens (including phenoxy) is 3. The molecule has 3 aromatic rings. The zero-order chi connectivity index (χ0) is 20.4. The highest BCUT2D eigenvalue weighted by Gasteiger charge is 2.24. The van der Waals surface area contributed by atoms with Crippen LogP contribution in [0.25, 0.3) is 10.9 Å². The zero-order valence-corrected chi connectivity index (χ0v) is 16.3. The van der Waals surface area contributed by atoms with Crippen molar-refractivity contribution in [2.75, 3.05) is 37.9 Å². The lowest BCUT2D eigenvalue weighted by Gasteiger charge is -2.32. The summed E-state index contributed by atoms with van der Waals surface area (Å²) in [5.74, 6) is 1.66. The molecule has 0 aliphatic carbocycles. The first-order chi connectivity index (χ1) is 14.1. The van der Waals surface area contributed by atoms with E-state index in [2.05, 4.69) is 15.0 Å². The number of fused-ring (bicyclic) bond motifs is 1. The molecule has 2 aromatic heterocycles. The van der Waals surface area contributed by atoms with Gasteiger partial charge in [-0.05, 0) is 18.2 Å². The van der Waals surface area contributed by atoms with E-state index in [4.69, 9.17) is 19.9 Å². The van der Waals surface area contributed by atoms with Gasteiger partial charge in [-0.25, -0.2) is 14.4 Å². The van der Waals surface area contributed by atoms with Gasteiger partial charge in [0, 0.05) is 43.6 Å². The third-order valence-electron chi connectivity index (χ3n) is 4.95. The summed E-state index contributed by atoms with van der Waals surface area (Å²) in [6, 6.07) is 6.44. The molecule has 152 valence electrons. The Bertz CT molecular complexity index is 1020. The highest BCUT2D eigenvalue weighted by molar-refractivity contribution is 5.91. The van der Waals surface area contributed by atoms with Crippen LogP contribution in [0.3, 0.4) is 0 Å². The van der Waals surface area contributed by atoms with Gasteiger partial charge in [-0.1, -0.05) is 0 Å². The number of hydrogen-bond donors (Lipinski definition) is 1. The number of hydrogen-bond acceptors (Lipinski definition) is 8. The molecule has 1 fully saturated rings. The van der Waals surface area contributed by atoms with Crippen molar-refractivity contribution in [2.45, 2.75) is 18.9 Å². The molecule has 0 unspecified atom stereocenters. The Kier molecular flexibility index (Phi) is 5.20. The van der Waals surface area contributed by atoms with Crippen molar-refractivity contribution in [3.63, 3.8) is 0 Å². The van der Waals surface area contributed by atoms with E-state index in [1.54, 1.807) is 26.4 Å². The number of pyridine rings is 1. The Balaban J connectivity index is 1.51. The molecule has 8 nitrogen and oxygen atoms in total. The Labute approximate surface area is 167 Å². The van der Waals surface area contributed by atoms with Gasteiger partial charge < -0.3 is 24.8 Å². The molecular weight excluding hydrogens is 377 g/mol. The van der Waals surface area contributed by atoms with Crippen LogP contribution >= 0.6 is 0 Å². The minimum Gasteiger partial charge on any atom is -0.493 e. The van der Waals surface area contributed by atoms with Crippen molar-refractivity contribution in [1.82, 2.24) is 15.0 Å². The summed E-state index contributed by atoms with van der Waals surface area (Å²) in [4.78, 5) is 15.1. The number of methoxy groups -OCH3 is 2. The molecule has 0 atom stereocenters. The van der Waals surface area contributed by atoms with Crippen molar-refractivity contribution in [2.24, 2.45) is 0 Å². The lowest BCUT2D eigenvalue weighted by molar-refractivity contribution is 0.156. The van der Waals surface area contributed by atoms with Gasteiger partial charge in [-0.2, -0.15) is 4.98 Å². The number of aromatic nitrogens is 3. The van der Waals surface area contributed by atoms with Crippen LogP contribution in [0.2, 0.25) is 0 Å². The van der Waals surface area contributed by atoms with Gasteiger partial charge in [0.1, 0.15) is 11.9 Å². The second-order valence-electron chi connectivity index (χ2n) is 6.73. The fraction of sp³-hybridized carbons (Fsp3) is 0.350. The minimum absolute atomic E-state index is 0.0400. The van der Waals surface area contributed by atoms with Crippen molar-refractivity contribution < 1.29 is 18.6 Å². The van der Waals surface area contributed by atoms with Crippen molar-refractivity contribution >= 4 is 22.7 Å². The normalized spacial score (nSPS) is 14.8. The van der Waals surface area contributed by atoms with Crippen LogP contribution in [-0.4, -0.2) is 48.4 Å². The SMILES string of the molecule is COc1cc2nc(N3CCC(Oc4ncccc4F)CC3)nc(N)c2cc1OC. The smallest absolute Gasteiger partial charge is 0.250 e. The molecule has 29 heavy (non-hydrogen) atoms. The standard InChI is InChI=1S/C20H22FN5O3/c1-27-16-10-13-15(11-17(16)28-2)24-20(25-18(13)22)26-8-5-12(6-9-26)29-19-14(21)4-3-7-23-19/h3-4,7,10-12H,5-6,8-9H2,1-2H3,(H2,22,24,25).